The summed E-state index contributed by atoms with van der Waals surface area (Å²) in [6.07, 6.45) is 0. The predicted octanol–water partition coefficient (Wildman–Crippen LogP) is 0.279. The van der Waals surface area contributed by atoms with Crippen molar-refractivity contribution in [3.8, 4) is 0 Å². The van der Waals surface area contributed by atoms with E-state index in [-0.39, 0.29) is 17.6 Å². The third kappa shape index (κ3) is 6.60. The van der Waals surface area contributed by atoms with Crippen molar-refractivity contribution in [2.75, 3.05) is 26.7 Å². The molecule has 0 rings (SSSR count). The summed E-state index contributed by atoms with van der Waals surface area (Å²) in [6.45, 7) is 7.03. The fourth-order valence-corrected chi connectivity index (χ4v) is 0.950. The highest BCUT2D eigenvalue weighted by atomic mass is 16.1. The van der Waals surface area contributed by atoms with Gasteiger partial charge in [-0.05, 0) is 7.05 Å². The van der Waals surface area contributed by atoms with Crippen molar-refractivity contribution >= 4 is 11.7 Å². The predicted molar refractivity (Wildman–Crippen MR) is 56.0 cm³/mol. The minimum atomic E-state index is -0.0337. The van der Waals surface area contributed by atoms with E-state index in [1.807, 2.05) is 25.8 Å². The fraction of sp³-hybridized carbons (Fsp3) is 0.800. The molecule has 14 heavy (non-hydrogen) atoms. The molecule has 1 N–H and O–H groups in total. The number of rotatable bonds is 6. The Kier molecular flexibility index (Phi) is 6.12. The lowest BCUT2D eigenvalue weighted by Gasteiger charge is -2.16. The Balaban J connectivity index is 3.60. The first kappa shape index (κ1) is 13.1. The Labute approximate surface area is 85.7 Å². The Hall–Kier alpha value is -0.900. The largest absolute Gasteiger partial charge is 0.355 e. The highest BCUT2D eigenvalue weighted by Crippen LogP contribution is 1.95. The molecule has 0 heterocycles. The summed E-state index contributed by atoms with van der Waals surface area (Å²) in [7, 11) is 1.88. The van der Waals surface area contributed by atoms with Crippen molar-refractivity contribution in [3.63, 3.8) is 0 Å². The molecule has 0 saturated heterocycles. The molecule has 0 aliphatic carbocycles. The third-order valence-electron chi connectivity index (χ3n) is 1.94. The van der Waals surface area contributed by atoms with Gasteiger partial charge < -0.3 is 5.32 Å². The van der Waals surface area contributed by atoms with Gasteiger partial charge in [0.15, 0.2) is 0 Å². The summed E-state index contributed by atoms with van der Waals surface area (Å²) in [5.41, 5.74) is 0. The van der Waals surface area contributed by atoms with Crippen LogP contribution in [-0.2, 0) is 9.59 Å². The molecule has 0 aromatic rings. The lowest BCUT2D eigenvalue weighted by atomic mass is 10.1. The van der Waals surface area contributed by atoms with E-state index in [1.165, 1.54) is 6.92 Å². The standard InChI is InChI=1S/C10H20N2O2/c1-8(2)10(14)7-12(4)6-5-11-9(3)13/h8H,5-7H2,1-4H3,(H,11,13). The Morgan fingerprint density at radius 1 is 1.36 bits per heavy atom. The molecule has 0 aromatic carbocycles. The monoisotopic (exact) mass is 200 g/mol. The molecule has 0 spiro atoms. The van der Waals surface area contributed by atoms with Gasteiger partial charge in [0.05, 0.1) is 6.54 Å². The van der Waals surface area contributed by atoms with E-state index in [4.69, 9.17) is 0 Å². The van der Waals surface area contributed by atoms with Crippen molar-refractivity contribution in [2.45, 2.75) is 20.8 Å². The summed E-state index contributed by atoms with van der Waals surface area (Å²) >= 11 is 0. The minimum absolute atomic E-state index is 0.0337. The van der Waals surface area contributed by atoms with Crippen LogP contribution >= 0.6 is 0 Å². The Morgan fingerprint density at radius 2 is 1.93 bits per heavy atom. The number of carbonyl (C=O) groups excluding carboxylic acids is 2. The van der Waals surface area contributed by atoms with Crippen LogP contribution in [0.3, 0.4) is 0 Å². The van der Waals surface area contributed by atoms with Gasteiger partial charge in [0, 0.05) is 25.9 Å². The molecule has 0 aromatic heterocycles. The summed E-state index contributed by atoms with van der Waals surface area (Å²) < 4.78 is 0. The molecule has 0 bridgehead atoms. The molecule has 0 unspecified atom stereocenters. The summed E-state index contributed by atoms with van der Waals surface area (Å²) in [6, 6.07) is 0. The van der Waals surface area contributed by atoms with E-state index in [2.05, 4.69) is 5.32 Å². The van der Waals surface area contributed by atoms with Crippen molar-refractivity contribution in [2.24, 2.45) is 5.92 Å². The number of ketones is 1. The number of amides is 1. The van der Waals surface area contributed by atoms with Crippen molar-refractivity contribution < 1.29 is 9.59 Å². The van der Waals surface area contributed by atoms with E-state index in [1.54, 1.807) is 0 Å². The van der Waals surface area contributed by atoms with Crippen LogP contribution in [0.5, 0.6) is 0 Å². The lowest BCUT2D eigenvalue weighted by Crippen LogP contribution is -2.35. The van der Waals surface area contributed by atoms with Crippen LogP contribution in [0.1, 0.15) is 20.8 Å². The highest BCUT2D eigenvalue weighted by Gasteiger charge is 2.09. The SMILES string of the molecule is CC(=O)NCCN(C)CC(=O)C(C)C. The van der Waals surface area contributed by atoms with Gasteiger partial charge >= 0.3 is 0 Å². The van der Waals surface area contributed by atoms with Gasteiger partial charge in [-0.1, -0.05) is 13.8 Å². The van der Waals surface area contributed by atoms with Gasteiger partial charge in [0.25, 0.3) is 0 Å². The number of Topliss-reactive ketones (excluding diaryl/α,β-unsaturated/α-hetero) is 1. The Bertz CT molecular complexity index is 202. The number of hydrogen-bond donors (Lipinski definition) is 1. The van der Waals surface area contributed by atoms with E-state index < -0.39 is 0 Å². The normalized spacial score (nSPS) is 10.7. The van der Waals surface area contributed by atoms with Crippen LogP contribution in [0.4, 0.5) is 0 Å². The third-order valence-corrected chi connectivity index (χ3v) is 1.94. The van der Waals surface area contributed by atoms with Crippen LogP contribution in [0.25, 0.3) is 0 Å². The zero-order valence-electron chi connectivity index (χ0n) is 9.46. The topological polar surface area (TPSA) is 49.4 Å². The van der Waals surface area contributed by atoms with Crippen LogP contribution in [-0.4, -0.2) is 43.3 Å². The molecule has 4 nitrogen and oxygen atoms in total. The number of nitrogens with zero attached hydrogens (tertiary/aromatic N) is 1. The van der Waals surface area contributed by atoms with Gasteiger partial charge in [-0.3, -0.25) is 14.5 Å². The summed E-state index contributed by atoms with van der Waals surface area (Å²) in [5.74, 6) is 0.280. The average molecular weight is 200 g/mol. The Morgan fingerprint density at radius 3 is 2.36 bits per heavy atom. The fourth-order valence-electron chi connectivity index (χ4n) is 0.950. The van der Waals surface area contributed by atoms with Crippen molar-refractivity contribution in [3.05, 3.63) is 0 Å². The van der Waals surface area contributed by atoms with Gasteiger partial charge in [-0.25, -0.2) is 0 Å². The smallest absolute Gasteiger partial charge is 0.216 e. The first-order chi connectivity index (χ1) is 6.43. The maximum atomic E-state index is 11.3. The van der Waals surface area contributed by atoms with Crippen molar-refractivity contribution in [1.29, 1.82) is 0 Å². The average Bonchev–Trinajstić information content (AvgIpc) is 2.02. The number of carbonyl (C=O) groups is 2. The van der Waals surface area contributed by atoms with E-state index >= 15 is 0 Å². The molecule has 0 radical (unpaired) electrons. The van der Waals surface area contributed by atoms with E-state index in [0.29, 0.717) is 19.6 Å². The van der Waals surface area contributed by atoms with E-state index in [0.717, 1.165) is 0 Å². The second-order valence-corrected chi connectivity index (χ2v) is 3.84. The van der Waals surface area contributed by atoms with E-state index in [9.17, 15) is 9.59 Å². The molecular weight excluding hydrogens is 180 g/mol. The summed E-state index contributed by atoms with van der Waals surface area (Å²) in [5, 5.41) is 2.69. The number of nitrogens with one attached hydrogen (secondary N) is 1. The first-order valence-corrected chi connectivity index (χ1v) is 4.89. The molecule has 0 atom stereocenters. The van der Waals surface area contributed by atoms with Gasteiger partial charge in [0.2, 0.25) is 5.91 Å². The van der Waals surface area contributed by atoms with Crippen LogP contribution in [0, 0.1) is 5.92 Å². The van der Waals surface area contributed by atoms with Crippen LogP contribution in [0.2, 0.25) is 0 Å². The second kappa shape index (κ2) is 6.54. The first-order valence-electron chi connectivity index (χ1n) is 4.89. The summed E-state index contributed by atoms with van der Waals surface area (Å²) in [4.78, 5) is 23.8. The van der Waals surface area contributed by atoms with Gasteiger partial charge in [-0.2, -0.15) is 0 Å². The second-order valence-electron chi connectivity index (χ2n) is 3.84. The zero-order chi connectivity index (χ0) is 11.1. The molecule has 0 aliphatic rings. The molecule has 1 amide bonds. The molecule has 4 heteroatoms. The van der Waals surface area contributed by atoms with Crippen LogP contribution in [0.15, 0.2) is 0 Å². The van der Waals surface area contributed by atoms with Gasteiger partial charge in [0.1, 0.15) is 5.78 Å². The highest BCUT2D eigenvalue weighted by molar-refractivity contribution is 5.82. The minimum Gasteiger partial charge on any atom is -0.355 e. The molecule has 82 valence electrons. The molecule has 0 fully saturated rings. The zero-order valence-corrected chi connectivity index (χ0v) is 9.46. The van der Waals surface area contributed by atoms with Crippen LogP contribution < -0.4 is 5.32 Å². The maximum Gasteiger partial charge on any atom is 0.216 e. The molecule has 0 aliphatic heterocycles. The molecular formula is C10H20N2O2. The van der Waals surface area contributed by atoms with Crippen molar-refractivity contribution in [1.82, 2.24) is 10.2 Å². The number of likely N-dealkylation sites (N-methyl/N-ethyl adjacent to an activating group) is 1. The maximum absolute atomic E-state index is 11.3. The lowest BCUT2D eigenvalue weighted by molar-refractivity contribution is -0.122. The quantitative estimate of drug-likeness (QED) is 0.670. The van der Waals surface area contributed by atoms with Gasteiger partial charge in [-0.15, -0.1) is 0 Å². The molecule has 0 saturated carbocycles. The number of hydrogen-bond acceptors (Lipinski definition) is 3.